The Balaban J connectivity index is 1.59. The van der Waals surface area contributed by atoms with Crippen LogP contribution >= 0.6 is 23.3 Å². The highest BCUT2D eigenvalue weighted by atomic mass is 32.2. The zero-order chi connectivity index (χ0) is 12.4. The molecule has 0 spiro atoms. The minimum absolute atomic E-state index is 0.648. The fourth-order valence-corrected chi connectivity index (χ4v) is 3.26. The van der Waals surface area contributed by atoms with Crippen LogP contribution < -0.4 is 5.32 Å². The zero-order valence-corrected chi connectivity index (χ0v) is 11.9. The van der Waals surface area contributed by atoms with Gasteiger partial charge in [-0.1, -0.05) is 18.2 Å². The van der Waals surface area contributed by atoms with Crippen LogP contribution in [0.5, 0.6) is 0 Å². The second-order valence-electron chi connectivity index (χ2n) is 4.49. The Bertz CT molecular complexity index is 535. The fraction of sp³-hybridized carbons (Fsp3) is 0.385. The van der Waals surface area contributed by atoms with Crippen molar-refractivity contribution in [1.29, 1.82) is 0 Å². The first-order valence-corrected chi connectivity index (χ1v) is 7.85. The Morgan fingerprint density at radius 3 is 3.00 bits per heavy atom. The van der Waals surface area contributed by atoms with Crippen molar-refractivity contribution >= 4 is 28.4 Å². The van der Waals surface area contributed by atoms with Crippen molar-refractivity contribution in [3.63, 3.8) is 0 Å². The SMILES string of the molecule is Cc1ccccc1SCc1nsc(NC2CC2)n1. The summed E-state index contributed by atoms with van der Waals surface area (Å²) >= 11 is 3.27. The number of rotatable bonds is 5. The number of benzene rings is 1. The van der Waals surface area contributed by atoms with E-state index in [1.165, 1.54) is 34.8 Å². The van der Waals surface area contributed by atoms with Gasteiger partial charge in [0.2, 0.25) is 5.13 Å². The molecule has 1 heterocycles. The number of nitrogens with one attached hydrogen (secondary N) is 1. The largest absolute Gasteiger partial charge is 0.358 e. The van der Waals surface area contributed by atoms with Crippen LogP contribution in [-0.2, 0) is 5.75 Å². The van der Waals surface area contributed by atoms with Crippen LogP contribution in [0.2, 0.25) is 0 Å². The number of aryl methyl sites for hydroxylation is 1. The Hall–Kier alpha value is -1.07. The summed E-state index contributed by atoms with van der Waals surface area (Å²) in [5.74, 6) is 1.77. The van der Waals surface area contributed by atoms with Crippen molar-refractivity contribution in [2.45, 2.75) is 36.5 Å². The molecule has 1 aliphatic rings. The maximum atomic E-state index is 4.51. The van der Waals surface area contributed by atoms with Gasteiger partial charge in [0.15, 0.2) is 5.82 Å². The molecule has 0 saturated heterocycles. The van der Waals surface area contributed by atoms with Crippen LogP contribution in [0.3, 0.4) is 0 Å². The minimum Gasteiger partial charge on any atom is -0.358 e. The Morgan fingerprint density at radius 1 is 1.39 bits per heavy atom. The molecule has 2 aromatic rings. The lowest BCUT2D eigenvalue weighted by atomic mass is 10.2. The topological polar surface area (TPSA) is 37.8 Å². The molecule has 0 amide bonds. The van der Waals surface area contributed by atoms with Crippen LogP contribution in [0, 0.1) is 6.92 Å². The lowest BCUT2D eigenvalue weighted by molar-refractivity contribution is 1.09. The summed E-state index contributed by atoms with van der Waals surface area (Å²) in [6, 6.07) is 9.07. The number of thioether (sulfide) groups is 1. The molecule has 3 nitrogen and oxygen atoms in total. The zero-order valence-electron chi connectivity index (χ0n) is 10.2. The third kappa shape index (κ3) is 3.03. The standard InChI is InChI=1S/C13H15N3S2/c1-9-4-2-3-5-11(9)17-8-12-15-13(18-16-12)14-10-6-7-10/h2-5,10H,6-8H2,1H3,(H,14,15,16). The van der Waals surface area contributed by atoms with E-state index in [2.05, 4.69) is 45.9 Å². The molecule has 5 heteroatoms. The maximum Gasteiger partial charge on any atom is 0.202 e. The number of hydrogen-bond acceptors (Lipinski definition) is 5. The average molecular weight is 277 g/mol. The molecule has 18 heavy (non-hydrogen) atoms. The first-order chi connectivity index (χ1) is 8.81. The second-order valence-corrected chi connectivity index (χ2v) is 6.26. The van der Waals surface area contributed by atoms with E-state index < -0.39 is 0 Å². The summed E-state index contributed by atoms with van der Waals surface area (Å²) in [6.45, 7) is 2.14. The van der Waals surface area contributed by atoms with E-state index in [0.717, 1.165) is 16.7 Å². The summed E-state index contributed by atoms with van der Waals surface area (Å²) in [4.78, 5) is 5.82. The van der Waals surface area contributed by atoms with Gasteiger partial charge in [-0.3, -0.25) is 0 Å². The normalized spacial score (nSPS) is 14.7. The lowest BCUT2D eigenvalue weighted by Gasteiger charge is -2.02. The quantitative estimate of drug-likeness (QED) is 0.845. The van der Waals surface area contributed by atoms with Crippen molar-refractivity contribution in [1.82, 2.24) is 9.36 Å². The van der Waals surface area contributed by atoms with E-state index in [-0.39, 0.29) is 0 Å². The van der Waals surface area contributed by atoms with Gasteiger partial charge in [-0.2, -0.15) is 4.37 Å². The fourth-order valence-electron chi connectivity index (χ4n) is 1.63. The number of nitrogens with zero attached hydrogens (tertiary/aromatic N) is 2. The highest BCUT2D eigenvalue weighted by Gasteiger charge is 2.22. The maximum absolute atomic E-state index is 4.51. The Morgan fingerprint density at radius 2 is 2.22 bits per heavy atom. The summed E-state index contributed by atoms with van der Waals surface area (Å²) in [5, 5.41) is 4.35. The summed E-state index contributed by atoms with van der Waals surface area (Å²) < 4.78 is 4.39. The average Bonchev–Trinajstić information content (AvgIpc) is 3.06. The van der Waals surface area contributed by atoms with Crippen LogP contribution in [-0.4, -0.2) is 15.4 Å². The molecule has 1 aromatic carbocycles. The Kier molecular flexibility index (Phi) is 3.52. The predicted molar refractivity (Wildman–Crippen MR) is 77.3 cm³/mol. The highest BCUT2D eigenvalue weighted by molar-refractivity contribution is 7.98. The van der Waals surface area contributed by atoms with Crippen molar-refractivity contribution < 1.29 is 0 Å². The molecule has 1 saturated carbocycles. The van der Waals surface area contributed by atoms with Crippen molar-refractivity contribution in [2.75, 3.05) is 5.32 Å². The van der Waals surface area contributed by atoms with E-state index in [1.54, 1.807) is 11.8 Å². The van der Waals surface area contributed by atoms with Gasteiger partial charge in [-0.25, -0.2) is 4.98 Å². The van der Waals surface area contributed by atoms with Gasteiger partial charge in [0.1, 0.15) is 0 Å². The highest BCUT2D eigenvalue weighted by Crippen LogP contribution is 2.28. The molecule has 1 fully saturated rings. The summed E-state index contributed by atoms with van der Waals surface area (Å²) in [5.41, 5.74) is 1.31. The lowest BCUT2D eigenvalue weighted by Crippen LogP contribution is -1.99. The molecule has 94 valence electrons. The number of anilines is 1. The Labute approximate surface area is 115 Å². The molecule has 0 aliphatic heterocycles. The molecule has 0 bridgehead atoms. The van der Waals surface area contributed by atoms with Crippen LogP contribution in [0.4, 0.5) is 5.13 Å². The van der Waals surface area contributed by atoms with Crippen LogP contribution in [0.25, 0.3) is 0 Å². The molecule has 0 atom stereocenters. The first-order valence-electron chi connectivity index (χ1n) is 6.09. The third-order valence-corrected chi connectivity index (χ3v) is 4.68. The van der Waals surface area contributed by atoms with Gasteiger partial charge in [0.25, 0.3) is 0 Å². The van der Waals surface area contributed by atoms with Crippen molar-refractivity contribution in [3.8, 4) is 0 Å². The summed E-state index contributed by atoms with van der Waals surface area (Å²) in [7, 11) is 0. The molecular weight excluding hydrogens is 262 g/mol. The number of hydrogen-bond donors (Lipinski definition) is 1. The molecular formula is C13H15N3S2. The van der Waals surface area contributed by atoms with Gasteiger partial charge in [-0.15, -0.1) is 11.8 Å². The van der Waals surface area contributed by atoms with E-state index >= 15 is 0 Å². The molecule has 1 aliphatic carbocycles. The summed E-state index contributed by atoms with van der Waals surface area (Å²) in [6.07, 6.45) is 2.54. The first kappa shape index (κ1) is 12.0. The minimum atomic E-state index is 0.648. The van der Waals surface area contributed by atoms with Gasteiger partial charge >= 0.3 is 0 Å². The van der Waals surface area contributed by atoms with Gasteiger partial charge < -0.3 is 5.32 Å². The number of aromatic nitrogens is 2. The molecule has 0 radical (unpaired) electrons. The predicted octanol–water partition coefficient (Wildman–Crippen LogP) is 3.71. The molecule has 1 N–H and O–H groups in total. The van der Waals surface area contributed by atoms with Crippen LogP contribution in [0.1, 0.15) is 24.2 Å². The van der Waals surface area contributed by atoms with Crippen molar-refractivity contribution in [2.24, 2.45) is 0 Å². The molecule has 0 unspecified atom stereocenters. The molecule has 3 rings (SSSR count). The third-order valence-electron chi connectivity index (χ3n) is 2.82. The second kappa shape index (κ2) is 5.28. The van der Waals surface area contributed by atoms with Crippen molar-refractivity contribution in [3.05, 3.63) is 35.7 Å². The van der Waals surface area contributed by atoms with Crippen LogP contribution in [0.15, 0.2) is 29.2 Å². The van der Waals surface area contributed by atoms with E-state index in [9.17, 15) is 0 Å². The van der Waals surface area contributed by atoms with Gasteiger partial charge in [0, 0.05) is 22.5 Å². The monoisotopic (exact) mass is 277 g/mol. The van der Waals surface area contributed by atoms with E-state index in [4.69, 9.17) is 0 Å². The van der Waals surface area contributed by atoms with E-state index in [1.807, 2.05) is 0 Å². The van der Waals surface area contributed by atoms with E-state index in [0.29, 0.717) is 6.04 Å². The smallest absolute Gasteiger partial charge is 0.202 e. The van der Waals surface area contributed by atoms with Gasteiger partial charge in [-0.05, 0) is 31.4 Å². The van der Waals surface area contributed by atoms with Gasteiger partial charge in [0.05, 0.1) is 5.75 Å². The molecule has 1 aromatic heterocycles.